The molecule has 1 amide bonds. The first kappa shape index (κ1) is 14.9. The molecule has 1 aliphatic carbocycles. The third-order valence-electron chi connectivity index (χ3n) is 4.24. The van der Waals surface area contributed by atoms with Gasteiger partial charge in [0.25, 0.3) is 0 Å². The van der Waals surface area contributed by atoms with Gasteiger partial charge in [0.05, 0.1) is 13.5 Å². The number of benzene rings is 1. The topological polar surface area (TPSA) is 38.3 Å². The van der Waals surface area contributed by atoms with E-state index in [0.717, 1.165) is 23.3 Å². The van der Waals surface area contributed by atoms with E-state index in [1.54, 1.807) is 7.11 Å². The summed E-state index contributed by atoms with van der Waals surface area (Å²) in [7, 11) is 1.65. The van der Waals surface area contributed by atoms with Gasteiger partial charge in [-0.2, -0.15) is 0 Å². The third kappa shape index (κ3) is 3.75. The Kier molecular flexibility index (Phi) is 5.05. The first-order chi connectivity index (χ1) is 9.60. The molecule has 0 radical (unpaired) electrons. The van der Waals surface area contributed by atoms with E-state index in [0.29, 0.717) is 18.4 Å². The summed E-state index contributed by atoms with van der Waals surface area (Å²) in [4.78, 5) is 12.2. The normalized spacial score (nSPS) is 22.4. The summed E-state index contributed by atoms with van der Waals surface area (Å²) >= 11 is 0. The molecule has 110 valence electrons. The number of nitrogens with one attached hydrogen (secondary N) is 1. The number of rotatable bonds is 4. The van der Waals surface area contributed by atoms with Gasteiger partial charge in [-0.3, -0.25) is 4.79 Å². The second-order valence-electron chi connectivity index (χ2n) is 5.93. The highest BCUT2D eigenvalue weighted by molar-refractivity contribution is 5.79. The molecule has 1 fully saturated rings. The molecular weight excluding hydrogens is 250 g/mol. The molecule has 2 rings (SSSR count). The maximum absolute atomic E-state index is 12.2. The van der Waals surface area contributed by atoms with Crippen molar-refractivity contribution in [1.82, 2.24) is 5.32 Å². The molecule has 1 aliphatic rings. The Bertz CT molecular complexity index is 470. The second kappa shape index (κ2) is 6.78. The SMILES string of the molecule is COc1ccc(C)cc1CC(=O)N[C@@H]1CCCC[C@@H]1C. The van der Waals surface area contributed by atoms with E-state index in [-0.39, 0.29) is 5.91 Å². The molecule has 0 unspecified atom stereocenters. The number of hydrogen-bond donors (Lipinski definition) is 1. The molecule has 0 bridgehead atoms. The second-order valence-corrected chi connectivity index (χ2v) is 5.93. The maximum Gasteiger partial charge on any atom is 0.224 e. The van der Waals surface area contributed by atoms with Gasteiger partial charge in [-0.1, -0.05) is 37.5 Å². The van der Waals surface area contributed by atoms with Crippen LogP contribution in [0.4, 0.5) is 0 Å². The van der Waals surface area contributed by atoms with Crippen molar-refractivity contribution in [3.05, 3.63) is 29.3 Å². The average Bonchev–Trinajstić information content (AvgIpc) is 2.41. The molecule has 0 spiro atoms. The van der Waals surface area contributed by atoms with Crippen LogP contribution < -0.4 is 10.1 Å². The van der Waals surface area contributed by atoms with Crippen LogP contribution >= 0.6 is 0 Å². The fourth-order valence-corrected chi connectivity index (χ4v) is 3.01. The summed E-state index contributed by atoms with van der Waals surface area (Å²) < 4.78 is 5.33. The van der Waals surface area contributed by atoms with Crippen molar-refractivity contribution < 1.29 is 9.53 Å². The molecule has 1 saturated carbocycles. The molecule has 3 heteroatoms. The van der Waals surface area contributed by atoms with Crippen LogP contribution in [0.2, 0.25) is 0 Å². The molecule has 20 heavy (non-hydrogen) atoms. The Labute approximate surface area is 121 Å². The third-order valence-corrected chi connectivity index (χ3v) is 4.24. The van der Waals surface area contributed by atoms with E-state index in [1.165, 1.54) is 19.3 Å². The zero-order chi connectivity index (χ0) is 14.5. The van der Waals surface area contributed by atoms with Crippen molar-refractivity contribution in [3.63, 3.8) is 0 Å². The van der Waals surface area contributed by atoms with Crippen LogP contribution in [0.1, 0.15) is 43.7 Å². The van der Waals surface area contributed by atoms with Crippen LogP contribution in [0, 0.1) is 12.8 Å². The Morgan fingerprint density at radius 3 is 2.80 bits per heavy atom. The monoisotopic (exact) mass is 275 g/mol. The van der Waals surface area contributed by atoms with Crippen LogP contribution in [0.5, 0.6) is 5.75 Å². The quantitative estimate of drug-likeness (QED) is 0.916. The molecule has 0 aliphatic heterocycles. The van der Waals surface area contributed by atoms with Crippen LogP contribution in [0.3, 0.4) is 0 Å². The first-order valence-corrected chi connectivity index (χ1v) is 7.53. The summed E-state index contributed by atoms with van der Waals surface area (Å²) in [6.07, 6.45) is 5.24. The number of amides is 1. The van der Waals surface area contributed by atoms with Crippen LogP contribution in [-0.2, 0) is 11.2 Å². The summed E-state index contributed by atoms with van der Waals surface area (Å²) in [6, 6.07) is 6.31. The van der Waals surface area contributed by atoms with Gasteiger partial charge in [0.1, 0.15) is 5.75 Å². The fourth-order valence-electron chi connectivity index (χ4n) is 3.01. The Balaban J connectivity index is 1.99. The first-order valence-electron chi connectivity index (χ1n) is 7.53. The standard InChI is InChI=1S/C17H25NO2/c1-12-8-9-16(20-3)14(10-12)11-17(19)18-15-7-5-4-6-13(15)2/h8-10,13,15H,4-7,11H2,1-3H3,(H,18,19)/t13-,15+/m0/s1. The van der Waals surface area contributed by atoms with Crippen molar-refractivity contribution in [1.29, 1.82) is 0 Å². The summed E-state index contributed by atoms with van der Waals surface area (Å²) in [5.74, 6) is 1.49. The van der Waals surface area contributed by atoms with Gasteiger partial charge in [-0.15, -0.1) is 0 Å². The highest BCUT2D eigenvalue weighted by Crippen LogP contribution is 2.24. The van der Waals surface area contributed by atoms with Crippen molar-refractivity contribution in [2.75, 3.05) is 7.11 Å². The van der Waals surface area contributed by atoms with Gasteiger partial charge in [0.2, 0.25) is 5.91 Å². The van der Waals surface area contributed by atoms with Gasteiger partial charge < -0.3 is 10.1 Å². The highest BCUT2D eigenvalue weighted by atomic mass is 16.5. The van der Waals surface area contributed by atoms with Gasteiger partial charge in [-0.25, -0.2) is 0 Å². The molecule has 0 heterocycles. The minimum atomic E-state index is 0.104. The number of carbonyl (C=O) groups is 1. The highest BCUT2D eigenvalue weighted by Gasteiger charge is 2.23. The number of methoxy groups -OCH3 is 1. The zero-order valence-electron chi connectivity index (χ0n) is 12.7. The number of hydrogen-bond acceptors (Lipinski definition) is 2. The predicted octanol–water partition coefficient (Wildman–Crippen LogP) is 3.24. The molecule has 0 saturated heterocycles. The molecular formula is C17H25NO2. The van der Waals surface area contributed by atoms with Gasteiger partial charge in [-0.05, 0) is 31.7 Å². The predicted molar refractivity (Wildman–Crippen MR) is 81.0 cm³/mol. The van der Waals surface area contributed by atoms with Crippen molar-refractivity contribution in [2.45, 2.75) is 52.0 Å². The lowest BCUT2D eigenvalue weighted by atomic mass is 9.86. The summed E-state index contributed by atoms with van der Waals surface area (Å²) in [6.45, 7) is 4.27. The molecule has 1 aromatic rings. The van der Waals surface area contributed by atoms with E-state index >= 15 is 0 Å². The van der Waals surface area contributed by atoms with E-state index in [1.807, 2.05) is 25.1 Å². The van der Waals surface area contributed by atoms with E-state index in [2.05, 4.69) is 12.2 Å². The summed E-state index contributed by atoms with van der Waals surface area (Å²) in [5.41, 5.74) is 2.12. The average molecular weight is 275 g/mol. The zero-order valence-corrected chi connectivity index (χ0v) is 12.7. The van der Waals surface area contributed by atoms with E-state index in [4.69, 9.17) is 4.74 Å². The molecule has 3 nitrogen and oxygen atoms in total. The molecule has 0 aromatic heterocycles. The van der Waals surface area contributed by atoms with Gasteiger partial charge in [0, 0.05) is 11.6 Å². The lowest BCUT2D eigenvalue weighted by molar-refractivity contribution is -0.121. The van der Waals surface area contributed by atoms with Gasteiger partial charge in [0.15, 0.2) is 0 Å². The number of aryl methyl sites for hydroxylation is 1. The van der Waals surface area contributed by atoms with E-state index < -0.39 is 0 Å². The molecule has 2 atom stereocenters. The fraction of sp³-hybridized carbons (Fsp3) is 0.588. The maximum atomic E-state index is 12.2. The largest absolute Gasteiger partial charge is 0.496 e. The van der Waals surface area contributed by atoms with Crippen LogP contribution in [0.25, 0.3) is 0 Å². The Hall–Kier alpha value is -1.51. The Morgan fingerprint density at radius 2 is 2.10 bits per heavy atom. The minimum Gasteiger partial charge on any atom is -0.496 e. The number of carbonyl (C=O) groups excluding carboxylic acids is 1. The van der Waals surface area contributed by atoms with Crippen molar-refractivity contribution in [3.8, 4) is 5.75 Å². The summed E-state index contributed by atoms with van der Waals surface area (Å²) in [5, 5.41) is 3.19. The van der Waals surface area contributed by atoms with Crippen LogP contribution in [-0.4, -0.2) is 19.1 Å². The van der Waals surface area contributed by atoms with Crippen molar-refractivity contribution in [2.24, 2.45) is 5.92 Å². The number of ether oxygens (including phenoxy) is 1. The minimum absolute atomic E-state index is 0.104. The molecule has 1 aromatic carbocycles. The lowest BCUT2D eigenvalue weighted by Crippen LogP contribution is -2.41. The smallest absolute Gasteiger partial charge is 0.224 e. The van der Waals surface area contributed by atoms with Crippen LogP contribution in [0.15, 0.2) is 18.2 Å². The molecule has 1 N–H and O–H groups in total. The lowest BCUT2D eigenvalue weighted by Gasteiger charge is -2.29. The van der Waals surface area contributed by atoms with Crippen molar-refractivity contribution >= 4 is 5.91 Å². The Morgan fingerprint density at radius 1 is 1.35 bits per heavy atom. The van der Waals surface area contributed by atoms with Gasteiger partial charge >= 0.3 is 0 Å². The van der Waals surface area contributed by atoms with E-state index in [9.17, 15) is 4.79 Å².